The lowest BCUT2D eigenvalue weighted by Gasteiger charge is -2.31. The van der Waals surface area contributed by atoms with Gasteiger partial charge in [0.15, 0.2) is 0 Å². The number of benzene rings is 1. The summed E-state index contributed by atoms with van der Waals surface area (Å²) in [5.41, 5.74) is 0.934. The summed E-state index contributed by atoms with van der Waals surface area (Å²) < 4.78 is 1.75. The summed E-state index contributed by atoms with van der Waals surface area (Å²) in [5.74, 6) is 0.918. The monoisotopic (exact) mass is 368 g/mol. The number of hydrogen-bond donors (Lipinski definition) is 1. The average Bonchev–Trinajstić information content (AvgIpc) is 3.39. The number of anilines is 1. The molecule has 0 saturated carbocycles. The van der Waals surface area contributed by atoms with E-state index in [4.69, 9.17) is 0 Å². The van der Waals surface area contributed by atoms with Crippen LogP contribution in [0.1, 0.15) is 17.7 Å². The average molecular weight is 368 g/mol. The Morgan fingerprint density at radius 3 is 2.69 bits per heavy atom. The molecular formula is C18H20N6OS. The third-order valence-electron chi connectivity index (χ3n) is 4.62. The predicted molar refractivity (Wildman–Crippen MR) is 100 cm³/mol. The van der Waals surface area contributed by atoms with Gasteiger partial charge in [-0.15, -0.1) is 11.3 Å². The molecule has 1 fully saturated rings. The Morgan fingerprint density at radius 2 is 1.96 bits per heavy atom. The second kappa shape index (κ2) is 7.65. The molecule has 7 nitrogen and oxygen atoms in total. The first-order valence-corrected chi connectivity index (χ1v) is 9.58. The number of hydrogen-bond acceptors (Lipinski definition) is 6. The Kier molecular flexibility index (Phi) is 4.92. The summed E-state index contributed by atoms with van der Waals surface area (Å²) in [5, 5.41) is 17.2. The Balaban J connectivity index is 1.35. The van der Waals surface area contributed by atoms with Crippen LogP contribution in [0.5, 0.6) is 0 Å². The molecule has 1 aliphatic heterocycles. The van der Waals surface area contributed by atoms with Crippen LogP contribution in [0.3, 0.4) is 0 Å². The molecule has 0 unspecified atom stereocenters. The number of tetrazole rings is 1. The number of piperidine rings is 1. The number of nitrogens with zero attached hydrogens (tertiary/aromatic N) is 5. The van der Waals surface area contributed by atoms with E-state index in [1.54, 1.807) is 16.0 Å². The van der Waals surface area contributed by atoms with Crippen molar-refractivity contribution < 1.29 is 4.79 Å². The van der Waals surface area contributed by atoms with Crippen molar-refractivity contribution >= 4 is 23.2 Å². The number of thiophene rings is 1. The molecule has 26 heavy (non-hydrogen) atoms. The van der Waals surface area contributed by atoms with E-state index in [0.29, 0.717) is 6.54 Å². The molecule has 1 aromatic carbocycles. The van der Waals surface area contributed by atoms with Crippen molar-refractivity contribution in [3.05, 3.63) is 52.7 Å². The van der Waals surface area contributed by atoms with E-state index < -0.39 is 0 Å². The quantitative estimate of drug-likeness (QED) is 0.748. The molecule has 1 N–H and O–H groups in total. The van der Waals surface area contributed by atoms with Crippen molar-refractivity contribution in [3.8, 4) is 5.69 Å². The zero-order chi connectivity index (χ0) is 17.8. The molecule has 4 rings (SSSR count). The normalized spacial score (nSPS) is 15.2. The first-order chi connectivity index (χ1) is 12.8. The van der Waals surface area contributed by atoms with Gasteiger partial charge in [-0.05, 0) is 46.8 Å². The molecule has 0 spiro atoms. The Hall–Kier alpha value is -2.74. The van der Waals surface area contributed by atoms with Crippen LogP contribution in [0.25, 0.3) is 5.69 Å². The van der Waals surface area contributed by atoms with E-state index in [1.165, 1.54) is 4.88 Å². The van der Waals surface area contributed by atoms with Crippen LogP contribution in [0, 0.1) is 5.92 Å². The van der Waals surface area contributed by atoms with Crippen molar-refractivity contribution in [2.45, 2.75) is 19.4 Å². The van der Waals surface area contributed by atoms with Crippen molar-refractivity contribution in [2.75, 3.05) is 18.0 Å². The Morgan fingerprint density at radius 1 is 1.15 bits per heavy atom. The van der Waals surface area contributed by atoms with Crippen LogP contribution in [-0.2, 0) is 11.3 Å². The van der Waals surface area contributed by atoms with Gasteiger partial charge in [0.05, 0.1) is 12.2 Å². The van der Waals surface area contributed by atoms with Gasteiger partial charge in [-0.2, -0.15) is 4.68 Å². The van der Waals surface area contributed by atoms with Gasteiger partial charge in [0.2, 0.25) is 11.9 Å². The van der Waals surface area contributed by atoms with Crippen LogP contribution < -0.4 is 10.2 Å². The molecule has 0 radical (unpaired) electrons. The van der Waals surface area contributed by atoms with Crippen molar-refractivity contribution in [1.29, 1.82) is 0 Å². The van der Waals surface area contributed by atoms with E-state index in [2.05, 4.69) is 25.7 Å². The summed E-state index contributed by atoms with van der Waals surface area (Å²) in [6.07, 6.45) is 1.61. The molecule has 134 valence electrons. The molecule has 0 bridgehead atoms. The largest absolute Gasteiger partial charge is 0.351 e. The summed E-state index contributed by atoms with van der Waals surface area (Å²) in [6, 6.07) is 13.9. The zero-order valence-corrected chi connectivity index (χ0v) is 15.1. The maximum atomic E-state index is 12.4. The highest BCUT2D eigenvalue weighted by molar-refractivity contribution is 7.09. The number of carbonyl (C=O) groups excluding carboxylic acids is 1. The van der Waals surface area contributed by atoms with Gasteiger partial charge in [0.25, 0.3) is 0 Å². The maximum absolute atomic E-state index is 12.4. The second-order valence-corrected chi connectivity index (χ2v) is 7.32. The van der Waals surface area contributed by atoms with Crippen molar-refractivity contribution in [1.82, 2.24) is 25.5 Å². The topological polar surface area (TPSA) is 75.9 Å². The van der Waals surface area contributed by atoms with Crippen LogP contribution in [0.15, 0.2) is 47.8 Å². The highest BCUT2D eigenvalue weighted by Crippen LogP contribution is 2.23. The molecule has 3 heterocycles. The lowest BCUT2D eigenvalue weighted by atomic mass is 9.96. The smallest absolute Gasteiger partial charge is 0.250 e. The van der Waals surface area contributed by atoms with Gasteiger partial charge in [-0.3, -0.25) is 4.79 Å². The van der Waals surface area contributed by atoms with E-state index in [9.17, 15) is 4.79 Å². The van der Waals surface area contributed by atoms with E-state index in [0.717, 1.165) is 37.6 Å². The Bertz CT molecular complexity index is 840. The molecule has 8 heteroatoms. The first-order valence-electron chi connectivity index (χ1n) is 8.70. The number of nitrogens with one attached hydrogen (secondary N) is 1. The van der Waals surface area contributed by atoms with Gasteiger partial charge in [-0.25, -0.2) is 0 Å². The minimum Gasteiger partial charge on any atom is -0.351 e. The van der Waals surface area contributed by atoms with E-state index in [-0.39, 0.29) is 11.8 Å². The third-order valence-corrected chi connectivity index (χ3v) is 5.50. The molecule has 1 amide bonds. The number of rotatable bonds is 5. The van der Waals surface area contributed by atoms with Gasteiger partial charge >= 0.3 is 0 Å². The lowest BCUT2D eigenvalue weighted by Crippen LogP contribution is -2.41. The van der Waals surface area contributed by atoms with E-state index >= 15 is 0 Å². The molecule has 0 atom stereocenters. The van der Waals surface area contributed by atoms with E-state index in [1.807, 2.05) is 47.8 Å². The van der Waals surface area contributed by atoms with Crippen LogP contribution in [0.4, 0.5) is 5.95 Å². The molecular weight excluding hydrogens is 348 g/mol. The minimum absolute atomic E-state index is 0.0484. The summed E-state index contributed by atoms with van der Waals surface area (Å²) in [7, 11) is 0. The van der Waals surface area contributed by atoms with Crippen molar-refractivity contribution in [2.24, 2.45) is 5.92 Å². The zero-order valence-electron chi connectivity index (χ0n) is 14.3. The standard InChI is InChI=1S/C18H20N6OS/c25-17(19-13-16-7-4-12-26-16)14-8-10-23(11-9-14)18-20-21-22-24(18)15-5-2-1-3-6-15/h1-7,12,14H,8-11,13H2,(H,19,25). The third kappa shape index (κ3) is 3.60. The SMILES string of the molecule is O=C(NCc1cccs1)C1CCN(c2nnnn2-c2ccccc2)CC1. The fourth-order valence-corrected chi connectivity index (χ4v) is 3.83. The maximum Gasteiger partial charge on any atom is 0.250 e. The number of aromatic nitrogens is 4. The van der Waals surface area contributed by atoms with Gasteiger partial charge in [-0.1, -0.05) is 29.4 Å². The molecule has 1 saturated heterocycles. The lowest BCUT2D eigenvalue weighted by molar-refractivity contribution is -0.125. The van der Waals surface area contributed by atoms with Crippen LogP contribution in [0.2, 0.25) is 0 Å². The predicted octanol–water partition coefficient (Wildman–Crippen LogP) is 2.26. The molecule has 3 aromatic rings. The second-order valence-electron chi connectivity index (χ2n) is 6.28. The summed E-state index contributed by atoms with van der Waals surface area (Å²) >= 11 is 1.66. The molecule has 0 aliphatic carbocycles. The number of carbonyl (C=O) groups is 1. The number of amides is 1. The highest BCUT2D eigenvalue weighted by Gasteiger charge is 2.27. The highest BCUT2D eigenvalue weighted by atomic mass is 32.1. The fourth-order valence-electron chi connectivity index (χ4n) is 3.19. The Labute approximate surface area is 155 Å². The van der Waals surface area contributed by atoms with Gasteiger partial charge in [0, 0.05) is 23.9 Å². The summed E-state index contributed by atoms with van der Waals surface area (Å²) in [6.45, 7) is 2.15. The van der Waals surface area contributed by atoms with Gasteiger partial charge < -0.3 is 10.2 Å². The van der Waals surface area contributed by atoms with Crippen LogP contribution >= 0.6 is 11.3 Å². The summed E-state index contributed by atoms with van der Waals surface area (Å²) in [4.78, 5) is 15.7. The fraction of sp³-hybridized carbons (Fsp3) is 0.333. The number of para-hydroxylation sites is 1. The molecule has 1 aliphatic rings. The van der Waals surface area contributed by atoms with Crippen molar-refractivity contribution in [3.63, 3.8) is 0 Å². The molecule has 2 aromatic heterocycles. The van der Waals surface area contributed by atoms with Crippen LogP contribution in [-0.4, -0.2) is 39.2 Å². The first kappa shape index (κ1) is 16.7. The minimum atomic E-state index is 0.0484. The van der Waals surface area contributed by atoms with Gasteiger partial charge in [0.1, 0.15) is 0 Å².